The van der Waals surface area contributed by atoms with Gasteiger partial charge in [0.2, 0.25) is 0 Å². The Balaban J connectivity index is 1.59. The van der Waals surface area contributed by atoms with E-state index in [4.69, 9.17) is 15.2 Å². The molecule has 1 atom stereocenters. The summed E-state index contributed by atoms with van der Waals surface area (Å²) in [5, 5.41) is 0. The van der Waals surface area contributed by atoms with Gasteiger partial charge in [-0.15, -0.1) is 0 Å². The van der Waals surface area contributed by atoms with Crippen molar-refractivity contribution in [2.45, 2.75) is 6.10 Å². The van der Waals surface area contributed by atoms with Crippen LogP contribution < -0.4 is 10.5 Å². The number of nitrogens with two attached hydrogens (primary N) is 1. The van der Waals surface area contributed by atoms with Gasteiger partial charge in [0.1, 0.15) is 12.4 Å². The Labute approximate surface area is 117 Å². The highest BCUT2D eigenvalue weighted by atomic mass is 16.5. The van der Waals surface area contributed by atoms with Crippen LogP contribution in [0.4, 0.5) is 0 Å². The number of ether oxygens (including phenoxy) is 2. The average Bonchev–Trinajstić information content (AvgIpc) is 2.92. The third-order valence-electron chi connectivity index (χ3n) is 3.14. The van der Waals surface area contributed by atoms with Crippen molar-refractivity contribution in [2.75, 3.05) is 13.2 Å². The lowest BCUT2D eigenvalue weighted by Crippen LogP contribution is -2.24. The first-order valence-corrected chi connectivity index (χ1v) is 6.56. The van der Waals surface area contributed by atoms with Gasteiger partial charge >= 0.3 is 0 Å². The molecule has 0 saturated heterocycles. The van der Waals surface area contributed by atoms with Gasteiger partial charge in [-0.1, -0.05) is 42.5 Å². The lowest BCUT2D eigenvalue weighted by molar-refractivity contribution is 0.141. The van der Waals surface area contributed by atoms with Crippen LogP contribution in [0.1, 0.15) is 0 Å². The topological polar surface area (TPSA) is 56.8 Å². The summed E-state index contributed by atoms with van der Waals surface area (Å²) >= 11 is 0. The van der Waals surface area contributed by atoms with E-state index < -0.39 is 0 Å². The SMILES string of the molecule is NC1=NC[C@H](COc2ccc(-c3ccccc3)cc2)O1. The fourth-order valence-corrected chi connectivity index (χ4v) is 2.09. The zero-order valence-electron chi connectivity index (χ0n) is 11.0. The molecule has 0 spiro atoms. The first-order valence-electron chi connectivity index (χ1n) is 6.56. The summed E-state index contributed by atoms with van der Waals surface area (Å²) in [4.78, 5) is 3.98. The molecule has 0 amide bonds. The van der Waals surface area contributed by atoms with Crippen LogP contribution in [0.15, 0.2) is 59.6 Å². The minimum absolute atomic E-state index is 0.0798. The summed E-state index contributed by atoms with van der Waals surface area (Å²) in [7, 11) is 0. The second kappa shape index (κ2) is 5.65. The molecule has 0 aromatic heterocycles. The molecule has 102 valence electrons. The third-order valence-corrected chi connectivity index (χ3v) is 3.14. The Morgan fingerprint density at radius 3 is 2.40 bits per heavy atom. The van der Waals surface area contributed by atoms with E-state index in [-0.39, 0.29) is 12.1 Å². The second-order valence-corrected chi connectivity index (χ2v) is 4.62. The highest BCUT2D eigenvalue weighted by Gasteiger charge is 2.18. The summed E-state index contributed by atoms with van der Waals surface area (Å²) in [6, 6.07) is 18.5. The van der Waals surface area contributed by atoms with Crippen molar-refractivity contribution < 1.29 is 9.47 Å². The molecule has 2 N–H and O–H groups in total. The summed E-state index contributed by atoms with van der Waals surface area (Å²) in [5.41, 5.74) is 7.81. The summed E-state index contributed by atoms with van der Waals surface area (Å²) in [5.74, 6) is 0.818. The molecule has 1 aliphatic heterocycles. The molecule has 20 heavy (non-hydrogen) atoms. The van der Waals surface area contributed by atoms with Crippen LogP contribution in [0.3, 0.4) is 0 Å². The summed E-state index contributed by atoms with van der Waals surface area (Å²) < 4.78 is 11.0. The van der Waals surface area contributed by atoms with Gasteiger partial charge in [0.15, 0.2) is 6.10 Å². The maximum Gasteiger partial charge on any atom is 0.282 e. The fraction of sp³-hybridized carbons (Fsp3) is 0.188. The van der Waals surface area contributed by atoms with E-state index in [1.807, 2.05) is 42.5 Å². The molecule has 2 aromatic carbocycles. The van der Waals surface area contributed by atoms with Gasteiger partial charge in [0, 0.05) is 0 Å². The molecule has 3 rings (SSSR count). The highest BCUT2D eigenvalue weighted by Crippen LogP contribution is 2.22. The Bertz CT molecular complexity index is 594. The first-order chi connectivity index (χ1) is 9.81. The Kier molecular flexibility index (Phi) is 3.54. The Morgan fingerprint density at radius 2 is 1.75 bits per heavy atom. The molecule has 2 aromatic rings. The lowest BCUT2D eigenvalue weighted by Gasteiger charge is -2.12. The van der Waals surface area contributed by atoms with Crippen LogP contribution in [0.25, 0.3) is 11.1 Å². The molecule has 0 radical (unpaired) electrons. The van der Waals surface area contributed by atoms with Gasteiger partial charge in [0.05, 0.1) is 6.54 Å². The Hall–Kier alpha value is -2.49. The maximum absolute atomic E-state index is 5.68. The first kappa shape index (κ1) is 12.5. The molecule has 0 bridgehead atoms. The minimum atomic E-state index is -0.0798. The standard InChI is InChI=1S/C16H16N2O2/c17-16-18-10-15(20-16)11-19-14-8-6-13(7-9-14)12-4-2-1-3-5-12/h1-9,15H,10-11H2,(H2,17,18)/t15-/m1/s1. The monoisotopic (exact) mass is 268 g/mol. The van der Waals surface area contributed by atoms with E-state index in [2.05, 4.69) is 17.1 Å². The van der Waals surface area contributed by atoms with Crippen LogP contribution in [0.2, 0.25) is 0 Å². The number of nitrogens with zero attached hydrogens (tertiary/aromatic N) is 1. The largest absolute Gasteiger partial charge is 0.490 e. The molecule has 0 saturated carbocycles. The van der Waals surface area contributed by atoms with E-state index in [1.165, 1.54) is 11.1 Å². The molecule has 1 heterocycles. The zero-order chi connectivity index (χ0) is 13.8. The van der Waals surface area contributed by atoms with Gasteiger partial charge in [0.25, 0.3) is 6.02 Å². The van der Waals surface area contributed by atoms with E-state index in [9.17, 15) is 0 Å². The van der Waals surface area contributed by atoms with Crippen LogP contribution in [-0.4, -0.2) is 25.3 Å². The fourth-order valence-electron chi connectivity index (χ4n) is 2.09. The van der Waals surface area contributed by atoms with E-state index in [0.29, 0.717) is 13.2 Å². The van der Waals surface area contributed by atoms with Crippen LogP contribution in [-0.2, 0) is 4.74 Å². The van der Waals surface area contributed by atoms with E-state index >= 15 is 0 Å². The molecular formula is C16H16N2O2. The molecule has 4 nitrogen and oxygen atoms in total. The number of benzene rings is 2. The van der Waals surface area contributed by atoms with Gasteiger partial charge in [-0.3, -0.25) is 0 Å². The lowest BCUT2D eigenvalue weighted by atomic mass is 10.1. The predicted molar refractivity (Wildman–Crippen MR) is 78.7 cm³/mol. The Morgan fingerprint density at radius 1 is 1.05 bits per heavy atom. The summed E-state index contributed by atoms with van der Waals surface area (Å²) in [6.45, 7) is 1.02. The van der Waals surface area contributed by atoms with Crippen molar-refractivity contribution >= 4 is 6.02 Å². The number of rotatable bonds is 4. The van der Waals surface area contributed by atoms with Gasteiger partial charge in [-0.05, 0) is 23.3 Å². The number of aliphatic imine (C=N–C) groups is 1. The van der Waals surface area contributed by atoms with Crippen molar-refractivity contribution in [1.82, 2.24) is 0 Å². The maximum atomic E-state index is 5.68. The number of amidine groups is 1. The van der Waals surface area contributed by atoms with Crippen molar-refractivity contribution in [2.24, 2.45) is 10.7 Å². The second-order valence-electron chi connectivity index (χ2n) is 4.62. The van der Waals surface area contributed by atoms with Crippen molar-refractivity contribution in [3.63, 3.8) is 0 Å². The quantitative estimate of drug-likeness (QED) is 0.926. The molecule has 1 aliphatic rings. The zero-order valence-corrected chi connectivity index (χ0v) is 11.0. The van der Waals surface area contributed by atoms with Crippen molar-refractivity contribution in [3.05, 3.63) is 54.6 Å². The van der Waals surface area contributed by atoms with Crippen molar-refractivity contribution in [1.29, 1.82) is 0 Å². The average molecular weight is 268 g/mol. The van der Waals surface area contributed by atoms with Gasteiger partial charge in [-0.25, -0.2) is 4.99 Å². The van der Waals surface area contributed by atoms with E-state index in [1.54, 1.807) is 0 Å². The predicted octanol–water partition coefficient (Wildman–Crippen LogP) is 2.45. The molecule has 0 unspecified atom stereocenters. The molecule has 0 aliphatic carbocycles. The van der Waals surface area contributed by atoms with Crippen LogP contribution in [0.5, 0.6) is 5.75 Å². The normalized spacial score (nSPS) is 17.4. The summed E-state index contributed by atoms with van der Waals surface area (Å²) in [6.07, 6.45) is -0.0798. The highest BCUT2D eigenvalue weighted by molar-refractivity contribution is 5.73. The molecule has 4 heteroatoms. The smallest absolute Gasteiger partial charge is 0.282 e. The number of hydrogen-bond acceptors (Lipinski definition) is 4. The van der Waals surface area contributed by atoms with Crippen molar-refractivity contribution in [3.8, 4) is 16.9 Å². The number of hydrogen-bond donors (Lipinski definition) is 1. The third kappa shape index (κ3) is 2.91. The molecule has 0 fully saturated rings. The minimum Gasteiger partial charge on any atom is -0.490 e. The van der Waals surface area contributed by atoms with Gasteiger partial charge in [-0.2, -0.15) is 0 Å². The molecular weight excluding hydrogens is 252 g/mol. The van der Waals surface area contributed by atoms with Crippen LogP contribution in [0, 0.1) is 0 Å². The van der Waals surface area contributed by atoms with Crippen LogP contribution >= 0.6 is 0 Å². The van der Waals surface area contributed by atoms with E-state index in [0.717, 1.165) is 5.75 Å². The van der Waals surface area contributed by atoms with Gasteiger partial charge < -0.3 is 15.2 Å².